The molecule has 0 spiro atoms. The van der Waals surface area contributed by atoms with Crippen molar-refractivity contribution in [3.63, 3.8) is 0 Å². The van der Waals surface area contributed by atoms with Crippen LogP contribution in [0.4, 0.5) is 28.4 Å². The quantitative estimate of drug-likeness (QED) is 0.177. The smallest absolute Gasteiger partial charge is 0.199 e. The molecule has 72 heavy (non-hydrogen) atoms. The van der Waals surface area contributed by atoms with Crippen molar-refractivity contribution in [2.45, 2.75) is 161 Å². The van der Waals surface area contributed by atoms with Gasteiger partial charge in [0.2, 0.25) is 0 Å². The number of benzene rings is 7. The predicted octanol–water partition coefficient (Wildman–Crippen LogP) is 18.4. The van der Waals surface area contributed by atoms with Crippen LogP contribution in [-0.2, 0) is 32.5 Å². The molecule has 0 atom stereocenters. The van der Waals surface area contributed by atoms with Crippen LogP contribution in [-0.4, -0.2) is 7.28 Å². The van der Waals surface area contributed by atoms with Gasteiger partial charge in [0.25, 0.3) is 0 Å². The number of hydrogen-bond donors (Lipinski definition) is 1. The monoisotopic (exact) mass is 979 g/mol. The number of aryl methyl sites for hydroxylation is 1. The van der Waals surface area contributed by atoms with Crippen molar-refractivity contribution < 1.29 is 0 Å². The summed E-state index contributed by atoms with van der Waals surface area (Å²) >= 11 is 3.92. The molecule has 13 rings (SSSR count). The molecule has 5 heteroatoms. The normalized spacial score (nSPS) is 19.6. The number of nitrogens with one attached hydrogen (secondary N) is 1. The minimum atomic E-state index is 0.0278. The first-order valence-corrected chi connectivity index (χ1v) is 28.6. The Morgan fingerprint density at radius 3 is 1.64 bits per heavy atom. The van der Waals surface area contributed by atoms with Crippen molar-refractivity contribution in [3.05, 3.63) is 148 Å². The molecule has 4 aliphatic rings. The lowest BCUT2D eigenvalue weighted by Crippen LogP contribution is -2.42. The third-order valence-electron chi connectivity index (χ3n) is 19.0. The summed E-state index contributed by atoms with van der Waals surface area (Å²) < 4.78 is 5.44. The maximum atomic E-state index is 4.25. The van der Waals surface area contributed by atoms with Gasteiger partial charge in [-0.2, -0.15) is 0 Å². The molecule has 2 aromatic heterocycles. The average molecular weight is 979 g/mol. The largest absolute Gasteiger partial charge is 0.355 e. The van der Waals surface area contributed by atoms with Crippen molar-refractivity contribution in [2.24, 2.45) is 0 Å². The van der Waals surface area contributed by atoms with E-state index in [-0.39, 0.29) is 32.5 Å². The Hall–Kier alpha value is -5.36. The van der Waals surface area contributed by atoms with E-state index < -0.39 is 0 Å². The minimum absolute atomic E-state index is 0.0278. The van der Waals surface area contributed by atoms with Crippen LogP contribution in [0, 0.1) is 6.92 Å². The summed E-state index contributed by atoms with van der Waals surface area (Å²) in [5, 5.41) is 9.71. The van der Waals surface area contributed by atoms with Crippen LogP contribution < -0.4 is 21.1 Å². The summed E-state index contributed by atoms with van der Waals surface area (Å²) in [4.78, 5) is 2.76. The zero-order valence-electron chi connectivity index (χ0n) is 45.1. The zero-order chi connectivity index (χ0) is 50.2. The van der Waals surface area contributed by atoms with E-state index in [2.05, 4.69) is 209 Å². The standard InChI is InChI=1S/C67H71BN2S2/c1-38-32-46-50(67(12,13)31-28-63(46,4)5)37-53(38)70-52-24-25-56-57(41-19-15-17-21-55(41)71-56)59(52)68-58-43(34-44-40-18-14-16-20-54(40)72-61(44)60(58)70)42-35-48-49(66(10,11)30-29-65(48,8)9)36-51(42)69-39-22-23-45-47(33-39)64(6,7)27-26-62(45,2)3/h14-25,32-37,68-69H,26-31H2,1-13H3. The number of rotatable bonds is 4. The topological polar surface area (TPSA) is 15.3 Å². The van der Waals surface area contributed by atoms with E-state index in [1.54, 1.807) is 0 Å². The van der Waals surface area contributed by atoms with Gasteiger partial charge in [0.15, 0.2) is 7.28 Å². The fourth-order valence-electron chi connectivity index (χ4n) is 14.1. The van der Waals surface area contributed by atoms with Crippen LogP contribution in [0.5, 0.6) is 0 Å². The SMILES string of the molecule is Cc1cc2c(cc1N1c3ccc4sc5ccccc5c4c3Bc3c(-c4cc5c(cc4Nc4ccc6c(c4)C(C)(C)CCC6(C)C)C(C)(C)CCC5(C)C)cc4c(sc5ccccc54)c31)C(C)(C)CCC2(C)C. The van der Waals surface area contributed by atoms with Crippen LogP contribution >= 0.6 is 22.7 Å². The first kappa shape index (κ1) is 46.4. The van der Waals surface area contributed by atoms with Gasteiger partial charge in [0, 0.05) is 53.2 Å². The Bertz CT molecular complexity index is 3790. The highest BCUT2D eigenvalue weighted by atomic mass is 32.1. The molecule has 3 aliphatic carbocycles. The summed E-state index contributed by atoms with van der Waals surface area (Å²) in [6, 6.07) is 43.7. The Morgan fingerprint density at radius 2 is 0.986 bits per heavy atom. The molecule has 0 saturated carbocycles. The Kier molecular flexibility index (Phi) is 9.91. The van der Waals surface area contributed by atoms with Gasteiger partial charge >= 0.3 is 0 Å². The number of hydrogen-bond acceptors (Lipinski definition) is 4. The highest BCUT2D eigenvalue weighted by molar-refractivity contribution is 7.27. The lowest BCUT2D eigenvalue weighted by Gasteiger charge is -2.44. The van der Waals surface area contributed by atoms with Crippen LogP contribution in [0.3, 0.4) is 0 Å². The van der Waals surface area contributed by atoms with Gasteiger partial charge in [-0.3, -0.25) is 0 Å². The van der Waals surface area contributed by atoms with Gasteiger partial charge in [-0.1, -0.05) is 132 Å². The molecule has 1 aliphatic heterocycles. The molecule has 2 nitrogen and oxygen atoms in total. The highest BCUT2D eigenvalue weighted by Crippen LogP contribution is 2.55. The summed E-state index contributed by atoms with van der Waals surface area (Å²) in [7, 11) is 0.842. The molecule has 9 aromatic rings. The first-order valence-electron chi connectivity index (χ1n) is 27.0. The van der Waals surface area contributed by atoms with Crippen molar-refractivity contribution in [1.29, 1.82) is 0 Å². The maximum Gasteiger partial charge on any atom is 0.199 e. The molecule has 0 unspecified atom stereocenters. The maximum absolute atomic E-state index is 4.25. The second-order valence-electron chi connectivity index (χ2n) is 26.6. The Morgan fingerprint density at radius 1 is 0.444 bits per heavy atom. The Balaban J connectivity index is 1.15. The van der Waals surface area contributed by atoms with Gasteiger partial charge in [-0.25, -0.2) is 0 Å². The second-order valence-corrected chi connectivity index (χ2v) is 28.7. The highest BCUT2D eigenvalue weighted by Gasteiger charge is 2.42. The van der Waals surface area contributed by atoms with E-state index in [0.717, 1.165) is 13.7 Å². The lowest BCUT2D eigenvalue weighted by atomic mass is 9.56. The third kappa shape index (κ3) is 6.84. The summed E-state index contributed by atoms with van der Waals surface area (Å²) in [5.41, 5.74) is 22.7. The van der Waals surface area contributed by atoms with Crippen molar-refractivity contribution in [2.75, 3.05) is 10.2 Å². The number of fused-ring (bicyclic) bond motifs is 13. The van der Waals surface area contributed by atoms with Crippen molar-refractivity contribution in [1.82, 2.24) is 0 Å². The summed E-state index contributed by atoms with van der Waals surface area (Å²) in [6.07, 6.45) is 7.10. The second kappa shape index (κ2) is 15.4. The zero-order valence-corrected chi connectivity index (χ0v) is 46.7. The van der Waals surface area contributed by atoms with Crippen LogP contribution in [0.2, 0.25) is 0 Å². The molecule has 364 valence electrons. The number of thiophene rings is 2. The van der Waals surface area contributed by atoms with Crippen molar-refractivity contribution in [3.8, 4) is 11.1 Å². The van der Waals surface area contributed by atoms with Gasteiger partial charge < -0.3 is 10.2 Å². The van der Waals surface area contributed by atoms with E-state index in [1.807, 2.05) is 22.7 Å². The lowest BCUT2D eigenvalue weighted by molar-refractivity contribution is 0.332. The summed E-state index contributed by atoms with van der Waals surface area (Å²) in [5.74, 6) is 0. The fraction of sp³-hybridized carbons (Fsp3) is 0.373. The molecular formula is C67H71BN2S2. The van der Waals surface area contributed by atoms with E-state index in [1.165, 1.54) is 162 Å². The molecule has 1 N–H and O–H groups in total. The molecule has 0 fully saturated rings. The van der Waals surface area contributed by atoms with Gasteiger partial charge in [-0.15, -0.1) is 22.7 Å². The molecule has 0 radical (unpaired) electrons. The minimum Gasteiger partial charge on any atom is -0.355 e. The summed E-state index contributed by atoms with van der Waals surface area (Å²) in [6.45, 7) is 32.0. The molecule has 0 saturated heterocycles. The predicted molar refractivity (Wildman–Crippen MR) is 319 cm³/mol. The van der Waals surface area contributed by atoms with Gasteiger partial charge in [-0.05, 0) is 205 Å². The third-order valence-corrected chi connectivity index (χ3v) is 21.3. The fourth-order valence-corrected chi connectivity index (χ4v) is 16.4. The number of anilines is 5. The molecule has 3 heterocycles. The molecule has 0 bridgehead atoms. The molecule has 7 aromatic carbocycles. The first-order chi connectivity index (χ1) is 34.0. The van der Waals surface area contributed by atoms with E-state index >= 15 is 0 Å². The molecule has 0 amide bonds. The molecular weight excluding hydrogens is 908 g/mol. The van der Waals surface area contributed by atoms with Crippen LogP contribution in [0.1, 0.15) is 161 Å². The average Bonchev–Trinajstić information content (AvgIpc) is 3.91. The van der Waals surface area contributed by atoms with E-state index in [4.69, 9.17) is 0 Å². The van der Waals surface area contributed by atoms with Gasteiger partial charge in [0.05, 0.1) is 10.4 Å². The van der Waals surface area contributed by atoms with Crippen LogP contribution in [0.15, 0.2) is 109 Å². The van der Waals surface area contributed by atoms with Crippen molar-refractivity contribution >= 4 is 110 Å². The Labute approximate surface area is 437 Å². The van der Waals surface area contributed by atoms with E-state index in [9.17, 15) is 0 Å². The van der Waals surface area contributed by atoms with Gasteiger partial charge in [0.1, 0.15) is 0 Å². The van der Waals surface area contributed by atoms with Crippen LogP contribution in [0.25, 0.3) is 51.5 Å². The van der Waals surface area contributed by atoms with E-state index in [0.29, 0.717) is 0 Å². The number of nitrogens with zero attached hydrogens (tertiary/aromatic N) is 1.